The summed E-state index contributed by atoms with van der Waals surface area (Å²) in [6.07, 6.45) is 0.911. The van der Waals surface area contributed by atoms with Crippen LogP contribution in [0.5, 0.6) is 0 Å². The van der Waals surface area contributed by atoms with E-state index in [1.54, 1.807) is 23.8 Å². The summed E-state index contributed by atoms with van der Waals surface area (Å²) in [5, 5.41) is 8.71. The molecule has 1 heterocycles. The van der Waals surface area contributed by atoms with Crippen LogP contribution in [-0.2, 0) is 4.79 Å². The number of rotatable bonds is 3. The number of carboxylic acids is 1. The summed E-state index contributed by atoms with van der Waals surface area (Å²) >= 11 is 0. The lowest BCUT2D eigenvalue weighted by molar-refractivity contribution is -0.141. The van der Waals surface area contributed by atoms with Crippen molar-refractivity contribution < 1.29 is 14.7 Å². The maximum Gasteiger partial charge on any atom is 0.319 e. The molecule has 14 heavy (non-hydrogen) atoms. The number of hydrogen-bond donors (Lipinski definition) is 1. The smallest absolute Gasteiger partial charge is 0.319 e. The second-order valence-corrected chi connectivity index (χ2v) is 3.74. The van der Waals surface area contributed by atoms with Gasteiger partial charge in [-0.15, -0.1) is 0 Å². The quantitative estimate of drug-likeness (QED) is 0.720. The first-order valence-corrected chi connectivity index (χ1v) is 4.75. The van der Waals surface area contributed by atoms with Gasteiger partial charge in [0.1, 0.15) is 0 Å². The number of amides is 2. The van der Waals surface area contributed by atoms with Crippen molar-refractivity contribution in [3.05, 3.63) is 0 Å². The molecule has 0 radical (unpaired) electrons. The van der Waals surface area contributed by atoms with Gasteiger partial charge in [-0.05, 0) is 6.42 Å². The van der Waals surface area contributed by atoms with E-state index >= 15 is 0 Å². The van der Waals surface area contributed by atoms with Gasteiger partial charge in [0.05, 0.1) is 5.92 Å². The molecular weight excluding hydrogens is 184 g/mol. The Morgan fingerprint density at radius 3 is 2.79 bits per heavy atom. The first-order valence-electron chi connectivity index (χ1n) is 4.75. The molecule has 0 saturated carbocycles. The number of nitrogens with zero attached hydrogens (tertiary/aromatic N) is 2. The van der Waals surface area contributed by atoms with Gasteiger partial charge in [-0.25, -0.2) is 4.79 Å². The maximum absolute atomic E-state index is 11.5. The predicted octanol–water partition coefficient (Wildman–Crippen LogP) is 0.465. The van der Waals surface area contributed by atoms with E-state index in [1.807, 2.05) is 0 Å². The molecule has 5 heteroatoms. The standard InChI is InChI=1S/C9H16N2O3/c1-7(8(12)13)6-11-5-3-4-10(2)9(11)14/h7H,3-6H2,1-2H3,(H,12,13). The molecule has 2 amide bonds. The monoisotopic (exact) mass is 200 g/mol. The second-order valence-electron chi connectivity index (χ2n) is 3.74. The average Bonchev–Trinajstić information content (AvgIpc) is 2.12. The highest BCUT2D eigenvalue weighted by atomic mass is 16.4. The van der Waals surface area contributed by atoms with E-state index < -0.39 is 11.9 Å². The van der Waals surface area contributed by atoms with Gasteiger partial charge in [-0.3, -0.25) is 4.79 Å². The lowest BCUT2D eigenvalue weighted by atomic mass is 10.1. The van der Waals surface area contributed by atoms with Gasteiger partial charge >= 0.3 is 12.0 Å². The molecule has 80 valence electrons. The molecule has 1 rings (SSSR count). The Morgan fingerprint density at radius 2 is 2.21 bits per heavy atom. The molecule has 5 nitrogen and oxygen atoms in total. The van der Waals surface area contributed by atoms with Crippen LogP contribution in [0.15, 0.2) is 0 Å². The largest absolute Gasteiger partial charge is 0.481 e. The van der Waals surface area contributed by atoms with E-state index in [9.17, 15) is 9.59 Å². The third-order valence-electron chi connectivity index (χ3n) is 2.43. The van der Waals surface area contributed by atoms with Crippen molar-refractivity contribution in [2.75, 3.05) is 26.7 Å². The van der Waals surface area contributed by atoms with Crippen LogP contribution in [0.4, 0.5) is 4.79 Å². The van der Waals surface area contributed by atoms with Crippen molar-refractivity contribution in [1.82, 2.24) is 9.80 Å². The van der Waals surface area contributed by atoms with Crippen molar-refractivity contribution in [2.24, 2.45) is 5.92 Å². The van der Waals surface area contributed by atoms with Crippen LogP contribution in [-0.4, -0.2) is 53.6 Å². The fourth-order valence-corrected chi connectivity index (χ4v) is 1.51. The Bertz CT molecular complexity index is 242. The molecule has 1 atom stereocenters. The Morgan fingerprint density at radius 1 is 1.57 bits per heavy atom. The molecule has 1 fully saturated rings. The van der Waals surface area contributed by atoms with Gasteiger partial charge in [0.15, 0.2) is 0 Å². The third-order valence-corrected chi connectivity index (χ3v) is 2.43. The maximum atomic E-state index is 11.5. The molecule has 1 saturated heterocycles. The molecule has 0 aromatic carbocycles. The fourth-order valence-electron chi connectivity index (χ4n) is 1.51. The van der Waals surface area contributed by atoms with Crippen LogP contribution in [0.3, 0.4) is 0 Å². The van der Waals surface area contributed by atoms with Crippen molar-refractivity contribution in [3.63, 3.8) is 0 Å². The molecular formula is C9H16N2O3. The molecule has 0 aliphatic carbocycles. The topological polar surface area (TPSA) is 60.9 Å². The first-order chi connectivity index (χ1) is 6.52. The van der Waals surface area contributed by atoms with Crippen LogP contribution < -0.4 is 0 Å². The molecule has 0 aromatic heterocycles. The zero-order chi connectivity index (χ0) is 10.7. The number of hydrogen-bond acceptors (Lipinski definition) is 2. The van der Waals surface area contributed by atoms with E-state index in [2.05, 4.69) is 0 Å². The van der Waals surface area contributed by atoms with Crippen LogP contribution in [0.2, 0.25) is 0 Å². The van der Waals surface area contributed by atoms with Crippen LogP contribution in [0.1, 0.15) is 13.3 Å². The Hall–Kier alpha value is -1.26. The van der Waals surface area contributed by atoms with Crippen molar-refractivity contribution in [3.8, 4) is 0 Å². The number of carbonyl (C=O) groups is 2. The van der Waals surface area contributed by atoms with Gasteiger partial charge in [-0.2, -0.15) is 0 Å². The minimum atomic E-state index is -0.856. The highest BCUT2D eigenvalue weighted by molar-refractivity contribution is 5.76. The zero-order valence-corrected chi connectivity index (χ0v) is 8.56. The normalized spacial score (nSPS) is 19.7. The molecule has 1 N–H and O–H groups in total. The van der Waals surface area contributed by atoms with Crippen molar-refractivity contribution >= 4 is 12.0 Å². The minimum absolute atomic E-state index is 0.0654. The molecule has 0 aromatic rings. The molecule has 0 bridgehead atoms. The lowest BCUT2D eigenvalue weighted by Crippen LogP contribution is -2.49. The van der Waals surface area contributed by atoms with E-state index in [0.29, 0.717) is 13.1 Å². The van der Waals surface area contributed by atoms with E-state index in [-0.39, 0.29) is 6.03 Å². The Labute approximate surface area is 83.3 Å². The van der Waals surface area contributed by atoms with Crippen molar-refractivity contribution in [2.45, 2.75) is 13.3 Å². The first kappa shape index (κ1) is 10.8. The van der Waals surface area contributed by atoms with Gasteiger partial charge in [0.2, 0.25) is 0 Å². The number of carboxylic acid groups (broad SMARTS) is 1. The molecule has 1 unspecified atom stereocenters. The van der Waals surface area contributed by atoms with Crippen LogP contribution in [0.25, 0.3) is 0 Å². The van der Waals surface area contributed by atoms with Gasteiger partial charge in [0, 0.05) is 26.7 Å². The summed E-state index contributed by atoms with van der Waals surface area (Å²) < 4.78 is 0. The Balaban J connectivity index is 2.51. The lowest BCUT2D eigenvalue weighted by Gasteiger charge is -2.34. The van der Waals surface area contributed by atoms with Crippen LogP contribution >= 0.6 is 0 Å². The van der Waals surface area contributed by atoms with Gasteiger partial charge < -0.3 is 14.9 Å². The molecule has 0 spiro atoms. The minimum Gasteiger partial charge on any atom is -0.481 e. The van der Waals surface area contributed by atoms with Gasteiger partial charge in [0.25, 0.3) is 0 Å². The highest BCUT2D eigenvalue weighted by Gasteiger charge is 2.25. The predicted molar refractivity (Wildman–Crippen MR) is 51.0 cm³/mol. The summed E-state index contributed by atoms with van der Waals surface area (Å²) in [7, 11) is 1.74. The summed E-state index contributed by atoms with van der Waals surface area (Å²) in [5.41, 5.74) is 0. The third kappa shape index (κ3) is 2.37. The van der Waals surface area contributed by atoms with E-state index in [4.69, 9.17) is 5.11 Å². The van der Waals surface area contributed by atoms with Crippen molar-refractivity contribution in [1.29, 1.82) is 0 Å². The summed E-state index contributed by atoms with van der Waals surface area (Å²) in [6, 6.07) is -0.0654. The number of aliphatic carboxylic acids is 1. The summed E-state index contributed by atoms with van der Waals surface area (Å²) in [6.45, 7) is 3.35. The highest BCUT2D eigenvalue weighted by Crippen LogP contribution is 2.09. The van der Waals surface area contributed by atoms with E-state index in [1.165, 1.54) is 0 Å². The van der Waals surface area contributed by atoms with E-state index in [0.717, 1.165) is 13.0 Å². The number of carbonyl (C=O) groups excluding carboxylic acids is 1. The zero-order valence-electron chi connectivity index (χ0n) is 8.56. The molecule has 1 aliphatic heterocycles. The Kier molecular flexibility index (Phi) is 3.33. The SMILES string of the molecule is CC(CN1CCCN(C)C1=O)C(=O)O. The molecule has 1 aliphatic rings. The van der Waals surface area contributed by atoms with Gasteiger partial charge in [-0.1, -0.05) is 6.92 Å². The van der Waals surface area contributed by atoms with Crippen LogP contribution in [0, 0.1) is 5.92 Å². The second kappa shape index (κ2) is 4.30. The summed E-state index contributed by atoms with van der Waals surface area (Å²) in [4.78, 5) is 25.4. The fraction of sp³-hybridized carbons (Fsp3) is 0.778. The average molecular weight is 200 g/mol. The summed E-state index contributed by atoms with van der Waals surface area (Å²) in [5.74, 6) is -1.35. The number of urea groups is 1.